The van der Waals surface area contributed by atoms with E-state index in [0.717, 1.165) is 23.7 Å². The van der Waals surface area contributed by atoms with Crippen LogP contribution < -0.4 is 0 Å². The second kappa shape index (κ2) is 8.41. The maximum Gasteiger partial charge on any atom is 0.159 e. The first-order chi connectivity index (χ1) is 11.8. The molecule has 2 heteroatoms. The van der Waals surface area contributed by atoms with Gasteiger partial charge in [-0.2, -0.15) is 0 Å². The third-order valence-corrected chi connectivity index (χ3v) is 5.60. The van der Waals surface area contributed by atoms with Crippen LogP contribution in [0.15, 0.2) is 36.7 Å². The number of rotatable bonds is 6. The molecule has 0 unspecified atom stereocenters. The zero-order valence-electron chi connectivity index (χ0n) is 15.2. The van der Waals surface area contributed by atoms with E-state index in [1.54, 1.807) is 0 Å². The number of aryl methyl sites for hydroxylation is 1. The van der Waals surface area contributed by atoms with Crippen LogP contribution in [0.2, 0.25) is 0 Å². The first-order valence-electron chi connectivity index (χ1n) is 9.71. The molecule has 128 valence electrons. The highest BCUT2D eigenvalue weighted by Gasteiger charge is 2.21. The standard InChI is InChI=1S/C22H30N2/c1-3-5-6-18-9-13-20(14-10-18)22-23-15-21(16-24-22)19-11-7-17(4-2)8-12-19/h9-10,13-17,19H,3-8,11-12H2,1-2H3. The lowest BCUT2D eigenvalue weighted by Crippen LogP contribution is -2.13. The summed E-state index contributed by atoms with van der Waals surface area (Å²) in [5, 5.41) is 0. The van der Waals surface area contributed by atoms with Gasteiger partial charge in [-0.05, 0) is 61.5 Å². The van der Waals surface area contributed by atoms with E-state index in [-0.39, 0.29) is 0 Å². The van der Waals surface area contributed by atoms with Crippen molar-refractivity contribution in [2.75, 3.05) is 0 Å². The second-order valence-electron chi connectivity index (χ2n) is 7.27. The largest absolute Gasteiger partial charge is 0.236 e. The van der Waals surface area contributed by atoms with Crippen LogP contribution in [0.3, 0.4) is 0 Å². The predicted octanol–water partition coefficient (Wildman–Crippen LogP) is 6.17. The summed E-state index contributed by atoms with van der Waals surface area (Å²) in [4.78, 5) is 9.29. The topological polar surface area (TPSA) is 25.8 Å². The molecule has 1 aliphatic carbocycles. The average molecular weight is 322 g/mol. The van der Waals surface area contributed by atoms with Gasteiger partial charge in [-0.3, -0.25) is 0 Å². The average Bonchev–Trinajstić information content (AvgIpc) is 2.67. The van der Waals surface area contributed by atoms with E-state index in [2.05, 4.69) is 60.5 Å². The second-order valence-corrected chi connectivity index (χ2v) is 7.27. The van der Waals surface area contributed by atoms with Gasteiger partial charge in [0.15, 0.2) is 5.82 Å². The predicted molar refractivity (Wildman–Crippen MR) is 101 cm³/mol. The van der Waals surface area contributed by atoms with Crippen molar-refractivity contribution in [3.8, 4) is 11.4 Å². The lowest BCUT2D eigenvalue weighted by atomic mass is 9.78. The lowest BCUT2D eigenvalue weighted by molar-refractivity contribution is 0.318. The molecule has 1 aliphatic rings. The van der Waals surface area contributed by atoms with E-state index >= 15 is 0 Å². The van der Waals surface area contributed by atoms with Crippen molar-refractivity contribution in [3.05, 3.63) is 47.8 Å². The number of aromatic nitrogens is 2. The number of nitrogens with zero attached hydrogens (tertiary/aromatic N) is 2. The Morgan fingerprint density at radius 2 is 1.58 bits per heavy atom. The van der Waals surface area contributed by atoms with Crippen LogP contribution in [0, 0.1) is 5.92 Å². The van der Waals surface area contributed by atoms with Crippen LogP contribution in [-0.2, 0) is 6.42 Å². The van der Waals surface area contributed by atoms with Crippen LogP contribution >= 0.6 is 0 Å². The van der Waals surface area contributed by atoms with Gasteiger partial charge in [0.2, 0.25) is 0 Å². The lowest BCUT2D eigenvalue weighted by Gasteiger charge is -2.27. The molecular formula is C22H30N2. The number of hydrogen-bond acceptors (Lipinski definition) is 2. The van der Waals surface area contributed by atoms with E-state index in [0.29, 0.717) is 5.92 Å². The van der Waals surface area contributed by atoms with Crippen molar-refractivity contribution in [1.82, 2.24) is 9.97 Å². The minimum Gasteiger partial charge on any atom is -0.236 e. The van der Waals surface area contributed by atoms with Crippen molar-refractivity contribution in [3.63, 3.8) is 0 Å². The Morgan fingerprint density at radius 3 is 2.17 bits per heavy atom. The highest BCUT2D eigenvalue weighted by atomic mass is 14.9. The summed E-state index contributed by atoms with van der Waals surface area (Å²) >= 11 is 0. The van der Waals surface area contributed by atoms with E-state index < -0.39 is 0 Å². The minimum atomic E-state index is 0.665. The maximum absolute atomic E-state index is 4.64. The normalized spacial score (nSPS) is 20.9. The third-order valence-electron chi connectivity index (χ3n) is 5.60. The summed E-state index contributed by atoms with van der Waals surface area (Å²) in [5.41, 5.74) is 3.86. The van der Waals surface area contributed by atoms with Gasteiger partial charge in [-0.15, -0.1) is 0 Å². The Kier molecular flexibility index (Phi) is 6.01. The summed E-state index contributed by atoms with van der Waals surface area (Å²) < 4.78 is 0. The molecule has 0 aliphatic heterocycles. The van der Waals surface area contributed by atoms with Gasteiger partial charge in [0, 0.05) is 18.0 Å². The van der Waals surface area contributed by atoms with Crippen LogP contribution in [0.5, 0.6) is 0 Å². The molecule has 24 heavy (non-hydrogen) atoms. The summed E-state index contributed by atoms with van der Waals surface area (Å²) in [6.45, 7) is 4.55. The molecule has 1 aromatic heterocycles. The molecule has 0 N–H and O–H groups in total. The van der Waals surface area contributed by atoms with E-state index in [4.69, 9.17) is 0 Å². The van der Waals surface area contributed by atoms with Crippen molar-refractivity contribution in [1.29, 1.82) is 0 Å². The van der Waals surface area contributed by atoms with Crippen LogP contribution in [0.4, 0.5) is 0 Å². The summed E-state index contributed by atoms with van der Waals surface area (Å²) in [7, 11) is 0. The molecule has 2 nitrogen and oxygen atoms in total. The quantitative estimate of drug-likeness (QED) is 0.635. The van der Waals surface area contributed by atoms with Gasteiger partial charge in [0.05, 0.1) is 0 Å². The van der Waals surface area contributed by atoms with E-state index in [9.17, 15) is 0 Å². The molecular weight excluding hydrogens is 292 g/mol. The third kappa shape index (κ3) is 4.23. The molecule has 2 aromatic rings. The van der Waals surface area contributed by atoms with Gasteiger partial charge in [0.1, 0.15) is 0 Å². The van der Waals surface area contributed by atoms with Gasteiger partial charge in [0.25, 0.3) is 0 Å². The van der Waals surface area contributed by atoms with Crippen LogP contribution in [0.25, 0.3) is 11.4 Å². The molecule has 0 amide bonds. The van der Waals surface area contributed by atoms with Crippen LogP contribution in [0.1, 0.15) is 75.8 Å². The Hall–Kier alpha value is -1.70. The molecule has 1 heterocycles. The minimum absolute atomic E-state index is 0.665. The smallest absolute Gasteiger partial charge is 0.159 e. The van der Waals surface area contributed by atoms with Gasteiger partial charge in [-0.1, -0.05) is 51.0 Å². The fourth-order valence-electron chi connectivity index (χ4n) is 3.80. The monoisotopic (exact) mass is 322 g/mol. The van der Waals surface area contributed by atoms with E-state index in [1.807, 2.05) is 0 Å². The zero-order chi connectivity index (χ0) is 16.8. The highest BCUT2D eigenvalue weighted by molar-refractivity contribution is 5.55. The fourth-order valence-corrected chi connectivity index (χ4v) is 3.80. The summed E-state index contributed by atoms with van der Waals surface area (Å²) in [6.07, 6.45) is 14.4. The number of unbranched alkanes of at least 4 members (excludes halogenated alkanes) is 1. The van der Waals surface area contributed by atoms with Gasteiger partial charge < -0.3 is 0 Å². The summed E-state index contributed by atoms with van der Waals surface area (Å²) in [5.74, 6) is 2.45. The Bertz CT molecular complexity index is 607. The van der Waals surface area contributed by atoms with Gasteiger partial charge >= 0.3 is 0 Å². The van der Waals surface area contributed by atoms with E-state index in [1.165, 1.54) is 56.1 Å². The molecule has 1 aromatic carbocycles. The van der Waals surface area contributed by atoms with Crippen molar-refractivity contribution in [2.24, 2.45) is 5.92 Å². The zero-order valence-corrected chi connectivity index (χ0v) is 15.2. The molecule has 1 saturated carbocycles. The first-order valence-corrected chi connectivity index (χ1v) is 9.71. The Morgan fingerprint density at radius 1 is 0.917 bits per heavy atom. The number of hydrogen-bond donors (Lipinski definition) is 0. The van der Waals surface area contributed by atoms with Gasteiger partial charge in [-0.25, -0.2) is 9.97 Å². The SMILES string of the molecule is CCCCc1ccc(-c2ncc(C3CCC(CC)CC3)cn2)cc1. The number of benzene rings is 1. The molecule has 0 atom stereocenters. The Labute approximate surface area is 146 Å². The van der Waals surface area contributed by atoms with Crippen LogP contribution in [-0.4, -0.2) is 9.97 Å². The highest BCUT2D eigenvalue weighted by Crippen LogP contribution is 2.36. The molecule has 0 saturated heterocycles. The summed E-state index contributed by atoms with van der Waals surface area (Å²) in [6, 6.07) is 8.75. The molecule has 0 bridgehead atoms. The fraction of sp³-hybridized carbons (Fsp3) is 0.545. The molecule has 0 spiro atoms. The molecule has 0 radical (unpaired) electrons. The maximum atomic E-state index is 4.64. The molecule has 1 fully saturated rings. The molecule has 3 rings (SSSR count). The first kappa shape index (κ1) is 17.1. The van der Waals surface area contributed by atoms with Crippen molar-refractivity contribution in [2.45, 2.75) is 71.1 Å². The van der Waals surface area contributed by atoms with Crippen molar-refractivity contribution < 1.29 is 0 Å². The van der Waals surface area contributed by atoms with Crippen molar-refractivity contribution >= 4 is 0 Å². The Balaban J connectivity index is 1.64.